The molecule has 0 aromatic heterocycles. The summed E-state index contributed by atoms with van der Waals surface area (Å²) in [4.78, 5) is 96.4. The van der Waals surface area contributed by atoms with Crippen molar-refractivity contribution in [1.29, 1.82) is 0 Å². The molecule has 0 saturated heterocycles. The summed E-state index contributed by atoms with van der Waals surface area (Å²) in [5.74, 6) is -1.67. The maximum Gasteiger partial charge on any atom is 0.243 e. The molecule has 1 aromatic carbocycles. The first-order valence-corrected chi connectivity index (χ1v) is 36.8. The zero-order chi connectivity index (χ0) is 65.2. The molecule has 89 heavy (non-hydrogen) atoms. The van der Waals surface area contributed by atoms with Crippen molar-refractivity contribution in [1.82, 2.24) is 31.9 Å². The number of aryl methyl sites for hydroxylation is 1. The molecule has 0 heterocycles. The quantitative estimate of drug-likeness (QED) is 0.0220. The van der Waals surface area contributed by atoms with E-state index in [-0.39, 0.29) is 43.4 Å². The predicted octanol–water partition coefficient (Wildman–Crippen LogP) is 12.5. The van der Waals surface area contributed by atoms with E-state index in [2.05, 4.69) is 62.8 Å². The standard InChI is InChI=1S/C70H128Cl2N10O7/c1-3-5-7-9-11-13-15-17-19-21-23-25-27-43-64(83)76-55-36-32-42-61(78-66(85)44-28-26-24-22-20-18-16-14-12-10-8-6-4-2)68(87)80-63(41-30-34-53-74)70(89)81-62(40-29-33-52-73)69(88)79-60(67(75)86)39-31-35-54-77-65(84)45-37-38-58-46-48-59(49-47-58)82(56-50-71)57-51-72/h46-49,60-63H,3-45,50-57,73-74H2,1-2H3,(H2,75,86)(H,76,83)(H,77,84)(H,78,85)(H,79,88)(H,80,87)(H,81,89)/t60-,61-,62-,63-/m0/s1. The molecule has 19 heteroatoms. The van der Waals surface area contributed by atoms with Crippen molar-refractivity contribution in [3.8, 4) is 0 Å². The van der Waals surface area contributed by atoms with Crippen LogP contribution in [0.1, 0.15) is 289 Å². The van der Waals surface area contributed by atoms with Crippen molar-refractivity contribution in [3.63, 3.8) is 0 Å². The summed E-state index contributed by atoms with van der Waals surface area (Å²) in [6, 6.07) is 4.13. The molecule has 514 valence electrons. The highest BCUT2D eigenvalue weighted by Crippen LogP contribution is 2.19. The number of hydrogen-bond donors (Lipinski definition) is 9. The molecule has 0 spiro atoms. The van der Waals surface area contributed by atoms with Crippen LogP contribution in [0.4, 0.5) is 5.69 Å². The van der Waals surface area contributed by atoms with Crippen LogP contribution < -0.4 is 54.0 Å². The molecule has 0 unspecified atom stereocenters. The molecule has 17 nitrogen and oxygen atoms in total. The maximum absolute atomic E-state index is 14.3. The Kier molecular flexibility index (Phi) is 54.8. The van der Waals surface area contributed by atoms with Crippen molar-refractivity contribution in [2.45, 2.75) is 314 Å². The van der Waals surface area contributed by atoms with E-state index in [4.69, 9.17) is 40.4 Å². The number of benzene rings is 1. The van der Waals surface area contributed by atoms with Crippen molar-refractivity contribution < 1.29 is 33.6 Å². The molecule has 1 rings (SSSR count). The SMILES string of the molecule is CCCCCCCCCCCCCCCC(=O)NCCCC[C@H](NC(=O)CCCCCCCCCCCCCCC)C(=O)N[C@@H](CCCCN)C(=O)N[C@@H](CCCCN)C(=O)N[C@@H](CCCCNC(=O)CCCc1ccc(N(CCCl)CCCl)cc1)C(N)=O. The summed E-state index contributed by atoms with van der Waals surface area (Å²) < 4.78 is 0. The van der Waals surface area contributed by atoms with Gasteiger partial charge in [-0.1, -0.05) is 180 Å². The van der Waals surface area contributed by atoms with Gasteiger partial charge < -0.3 is 54.0 Å². The van der Waals surface area contributed by atoms with Gasteiger partial charge in [-0.25, -0.2) is 0 Å². The van der Waals surface area contributed by atoms with Crippen molar-refractivity contribution in [3.05, 3.63) is 29.8 Å². The first-order valence-electron chi connectivity index (χ1n) is 35.7. The predicted molar refractivity (Wildman–Crippen MR) is 370 cm³/mol. The average molecular weight is 1290 g/mol. The van der Waals surface area contributed by atoms with Gasteiger partial charge in [0.25, 0.3) is 0 Å². The summed E-state index contributed by atoms with van der Waals surface area (Å²) >= 11 is 11.9. The van der Waals surface area contributed by atoms with Crippen LogP contribution in [0.5, 0.6) is 0 Å². The summed E-state index contributed by atoms with van der Waals surface area (Å²) in [5, 5.41) is 17.5. The van der Waals surface area contributed by atoms with Crippen LogP contribution in [-0.2, 0) is 40.0 Å². The second-order valence-electron chi connectivity index (χ2n) is 24.8. The van der Waals surface area contributed by atoms with Gasteiger partial charge in [0.1, 0.15) is 24.2 Å². The molecule has 0 bridgehead atoms. The van der Waals surface area contributed by atoms with E-state index in [0.717, 1.165) is 56.2 Å². The van der Waals surface area contributed by atoms with E-state index in [1.165, 1.54) is 122 Å². The number of unbranched alkanes of at least 4 members (excludes halogenated alkanes) is 28. The maximum atomic E-state index is 14.3. The molecular formula is C70H128Cl2N10O7. The fraction of sp³-hybridized carbons (Fsp3) is 0.814. The van der Waals surface area contributed by atoms with Gasteiger partial charge in [0, 0.05) is 62.9 Å². The highest BCUT2D eigenvalue weighted by molar-refractivity contribution is 6.18. The van der Waals surface area contributed by atoms with Gasteiger partial charge >= 0.3 is 0 Å². The topological polar surface area (TPSA) is 273 Å². The Morgan fingerprint density at radius 1 is 0.393 bits per heavy atom. The lowest BCUT2D eigenvalue weighted by Crippen LogP contribution is -2.58. The van der Waals surface area contributed by atoms with Gasteiger partial charge in [-0.15, -0.1) is 23.2 Å². The average Bonchev–Trinajstić information content (AvgIpc) is 3.71. The lowest BCUT2D eigenvalue weighted by Gasteiger charge is -2.26. The number of alkyl halides is 2. The minimum Gasteiger partial charge on any atom is -0.369 e. The Bertz CT molecular complexity index is 1950. The minimum absolute atomic E-state index is 0.0221. The molecule has 0 aliphatic rings. The zero-order valence-corrected chi connectivity index (χ0v) is 57.5. The Hall–Kier alpha value is -4.19. The van der Waals surface area contributed by atoms with E-state index < -0.39 is 47.8 Å². The van der Waals surface area contributed by atoms with Crippen LogP contribution in [0.3, 0.4) is 0 Å². The van der Waals surface area contributed by atoms with E-state index in [1.54, 1.807) is 0 Å². The number of hydrogen-bond acceptors (Lipinski definition) is 10. The molecule has 0 radical (unpaired) electrons. The van der Waals surface area contributed by atoms with Gasteiger partial charge in [-0.2, -0.15) is 0 Å². The Morgan fingerprint density at radius 2 is 0.719 bits per heavy atom. The zero-order valence-electron chi connectivity index (χ0n) is 56.0. The van der Waals surface area contributed by atoms with Crippen LogP contribution in [0, 0.1) is 0 Å². The van der Waals surface area contributed by atoms with Crippen LogP contribution in [-0.4, -0.2) is 117 Å². The van der Waals surface area contributed by atoms with Crippen molar-refractivity contribution in [2.75, 3.05) is 55.9 Å². The third kappa shape index (κ3) is 46.5. The smallest absolute Gasteiger partial charge is 0.243 e. The summed E-state index contributed by atoms with van der Waals surface area (Å²) in [6.45, 7) is 7.50. The number of carbonyl (C=O) groups excluding carboxylic acids is 7. The molecule has 0 aliphatic heterocycles. The number of nitrogens with one attached hydrogen (secondary N) is 6. The third-order valence-corrected chi connectivity index (χ3v) is 17.2. The van der Waals surface area contributed by atoms with E-state index >= 15 is 0 Å². The normalized spacial score (nSPS) is 12.6. The number of rotatable bonds is 63. The number of primary amides is 1. The summed E-state index contributed by atoms with van der Waals surface area (Å²) in [6.07, 6.45) is 39.5. The van der Waals surface area contributed by atoms with Gasteiger partial charge in [-0.3, -0.25) is 33.6 Å². The lowest BCUT2D eigenvalue weighted by atomic mass is 10.0. The summed E-state index contributed by atoms with van der Waals surface area (Å²) in [5.41, 5.74) is 19.7. The Morgan fingerprint density at radius 3 is 1.09 bits per heavy atom. The van der Waals surface area contributed by atoms with Crippen LogP contribution in [0.2, 0.25) is 0 Å². The van der Waals surface area contributed by atoms with Gasteiger partial charge in [-0.05, 0) is 134 Å². The number of anilines is 1. The molecular weight excluding hydrogens is 1160 g/mol. The highest BCUT2D eigenvalue weighted by atomic mass is 35.5. The number of nitrogens with zero attached hydrogens (tertiary/aromatic N) is 1. The lowest BCUT2D eigenvalue weighted by molar-refractivity contribution is -0.134. The molecule has 7 amide bonds. The largest absolute Gasteiger partial charge is 0.369 e. The monoisotopic (exact) mass is 1290 g/mol. The molecule has 0 saturated carbocycles. The Labute approximate surface area is 550 Å². The molecule has 0 aliphatic carbocycles. The number of carbonyl (C=O) groups is 7. The highest BCUT2D eigenvalue weighted by Gasteiger charge is 2.31. The molecule has 4 atom stereocenters. The van der Waals surface area contributed by atoms with E-state index in [1.807, 2.05) is 12.1 Å². The second kappa shape index (κ2) is 58.9. The van der Waals surface area contributed by atoms with Crippen LogP contribution >= 0.6 is 23.2 Å². The molecule has 12 N–H and O–H groups in total. The summed E-state index contributed by atoms with van der Waals surface area (Å²) in [7, 11) is 0. The number of amides is 7. The second-order valence-corrected chi connectivity index (χ2v) is 25.6. The number of nitrogens with two attached hydrogens (primary N) is 3. The van der Waals surface area contributed by atoms with Crippen LogP contribution in [0.25, 0.3) is 0 Å². The van der Waals surface area contributed by atoms with Gasteiger partial charge in [0.15, 0.2) is 0 Å². The number of halogens is 2. The van der Waals surface area contributed by atoms with Gasteiger partial charge in [0.05, 0.1) is 0 Å². The fourth-order valence-electron chi connectivity index (χ4n) is 11.2. The Balaban J connectivity index is 2.91. The first kappa shape index (κ1) is 82.8. The third-order valence-electron chi connectivity index (χ3n) is 16.8. The van der Waals surface area contributed by atoms with E-state index in [0.29, 0.717) is 134 Å². The van der Waals surface area contributed by atoms with Crippen LogP contribution in [0.15, 0.2) is 24.3 Å². The van der Waals surface area contributed by atoms with Crippen molar-refractivity contribution >= 4 is 70.2 Å². The first-order chi connectivity index (χ1) is 43.3. The minimum atomic E-state index is -1.07. The van der Waals surface area contributed by atoms with Crippen molar-refractivity contribution in [2.24, 2.45) is 17.2 Å². The molecule has 0 fully saturated rings. The van der Waals surface area contributed by atoms with E-state index in [9.17, 15) is 33.6 Å². The fourth-order valence-corrected chi connectivity index (χ4v) is 11.7. The molecule has 1 aromatic rings. The van der Waals surface area contributed by atoms with Gasteiger partial charge in [0.2, 0.25) is 41.4 Å².